The highest BCUT2D eigenvalue weighted by Gasteiger charge is 2.11. The van der Waals surface area contributed by atoms with E-state index < -0.39 is 8.07 Å². The summed E-state index contributed by atoms with van der Waals surface area (Å²) < 4.78 is 7.02. The summed E-state index contributed by atoms with van der Waals surface area (Å²) in [5.41, 5.74) is 0.337. The summed E-state index contributed by atoms with van der Waals surface area (Å²) >= 11 is 0. The predicted octanol–water partition coefficient (Wildman–Crippen LogP) is 2.59. The summed E-state index contributed by atoms with van der Waals surface area (Å²) in [5, 5.41) is 6.71. The third kappa shape index (κ3) is 4.85. The van der Waals surface area contributed by atoms with Crippen LogP contribution in [0.4, 0.5) is 5.69 Å². The number of nitrogens with zero attached hydrogens (tertiary/aromatic N) is 3. The molecule has 5 nitrogen and oxygen atoms in total. The molecule has 0 fully saturated rings. The highest BCUT2D eigenvalue weighted by Crippen LogP contribution is 2.09. The molecule has 0 aromatic carbocycles. The first-order chi connectivity index (χ1) is 7.01. The number of nitroso groups, excluding NO2 is 1. The number of aromatic nitrogens is 2. The Balaban J connectivity index is 2.23. The van der Waals surface area contributed by atoms with Gasteiger partial charge in [0.05, 0.1) is 12.4 Å². The molecule has 0 aliphatic rings. The molecule has 0 bridgehead atoms. The van der Waals surface area contributed by atoms with Crippen molar-refractivity contribution in [3.63, 3.8) is 0 Å². The monoisotopic (exact) mass is 227 g/mol. The molecule has 1 aromatic heterocycles. The average molecular weight is 227 g/mol. The van der Waals surface area contributed by atoms with Gasteiger partial charge in [-0.05, 0) is 11.2 Å². The Bertz CT molecular complexity index is 319. The Morgan fingerprint density at radius 3 is 2.80 bits per heavy atom. The van der Waals surface area contributed by atoms with E-state index in [2.05, 4.69) is 29.9 Å². The van der Waals surface area contributed by atoms with Crippen molar-refractivity contribution >= 4 is 13.8 Å². The second-order valence-electron chi connectivity index (χ2n) is 4.68. The average Bonchev–Trinajstić information content (AvgIpc) is 2.59. The van der Waals surface area contributed by atoms with Gasteiger partial charge < -0.3 is 4.74 Å². The van der Waals surface area contributed by atoms with Gasteiger partial charge in [0.25, 0.3) is 0 Å². The first kappa shape index (κ1) is 12.1. The maximum absolute atomic E-state index is 10.1. The zero-order valence-corrected chi connectivity index (χ0v) is 10.4. The molecule has 0 spiro atoms. The lowest BCUT2D eigenvalue weighted by molar-refractivity contribution is 0.0786. The van der Waals surface area contributed by atoms with Crippen LogP contribution in [0.15, 0.2) is 17.6 Å². The van der Waals surface area contributed by atoms with E-state index in [1.807, 2.05) is 0 Å². The third-order valence-electron chi connectivity index (χ3n) is 1.94. The van der Waals surface area contributed by atoms with Crippen molar-refractivity contribution in [3.05, 3.63) is 17.3 Å². The Labute approximate surface area is 90.4 Å². The maximum Gasteiger partial charge on any atom is 0.145 e. The van der Waals surface area contributed by atoms with Gasteiger partial charge in [0.15, 0.2) is 0 Å². The van der Waals surface area contributed by atoms with E-state index in [0.717, 1.165) is 12.7 Å². The van der Waals surface area contributed by atoms with Crippen molar-refractivity contribution in [2.24, 2.45) is 5.18 Å². The van der Waals surface area contributed by atoms with Crippen LogP contribution in [0.1, 0.15) is 0 Å². The Kier molecular flexibility index (Phi) is 4.16. The largest absolute Gasteiger partial charge is 0.360 e. The summed E-state index contributed by atoms with van der Waals surface area (Å²) in [5.74, 6) is 0. The number of hydrogen-bond acceptors (Lipinski definition) is 4. The lowest BCUT2D eigenvalue weighted by Gasteiger charge is -2.15. The Morgan fingerprint density at radius 2 is 2.27 bits per heavy atom. The first-order valence-corrected chi connectivity index (χ1v) is 8.65. The SMILES string of the molecule is C[Si](C)(C)CCOCn1cc(N=O)cn1. The Hall–Kier alpha value is -1.01. The Morgan fingerprint density at radius 1 is 1.53 bits per heavy atom. The van der Waals surface area contributed by atoms with Gasteiger partial charge in [-0.1, -0.05) is 19.6 Å². The van der Waals surface area contributed by atoms with E-state index in [4.69, 9.17) is 4.74 Å². The van der Waals surface area contributed by atoms with Gasteiger partial charge in [-0.2, -0.15) is 5.10 Å². The first-order valence-electron chi connectivity index (χ1n) is 4.95. The van der Waals surface area contributed by atoms with E-state index in [9.17, 15) is 4.91 Å². The molecule has 15 heavy (non-hydrogen) atoms. The van der Waals surface area contributed by atoms with Crippen LogP contribution in [-0.4, -0.2) is 24.5 Å². The summed E-state index contributed by atoms with van der Waals surface area (Å²) in [6.45, 7) is 8.05. The smallest absolute Gasteiger partial charge is 0.145 e. The molecule has 0 aliphatic heterocycles. The van der Waals surface area contributed by atoms with E-state index in [1.165, 1.54) is 6.20 Å². The van der Waals surface area contributed by atoms with Crippen molar-refractivity contribution in [1.29, 1.82) is 0 Å². The van der Waals surface area contributed by atoms with Gasteiger partial charge in [0, 0.05) is 14.7 Å². The van der Waals surface area contributed by atoms with E-state index >= 15 is 0 Å². The molecule has 1 heterocycles. The second-order valence-corrected chi connectivity index (χ2v) is 10.3. The topological polar surface area (TPSA) is 56.5 Å². The lowest BCUT2D eigenvalue weighted by Crippen LogP contribution is -2.22. The third-order valence-corrected chi connectivity index (χ3v) is 3.65. The minimum absolute atomic E-state index is 0.337. The van der Waals surface area contributed by atoms with E-state index in [1.54, 1.807) is 10.9 Å². The van der Waals surface area contributed by atoms with Gasteiger partial charge >= 0.3 is 0 Å². The number of hydrogen-bond donors (Lipinski definition) is 0. The highest BCUT2D eigenvalue weighted by molar-refractivity contribution is 6.76. The van der Waals surface area contributed by atoms with Crippen LogP contribution in [-0.2, 0) is 11.5 Å². The number of rotatable bonds is 6. The van der Waals surface area contributed by atoms with Crippen molar-refractivity contribution in [2.45, 2.75) is 32.4 Å². The van der Waals surface area contributed by atoms with Crippen LogP contribution in [0.25, 0.3) is 0 Å². The molecule has 84 valence electrons. The molecular formula is C9H17N3O2Si. The standard InChI is InChI=1S/C9H17N3O2Si/c1-15(2,3)5-4-14-8-12-7-9(11-13)6-10-12/h6-7H,4-5,8H2,1-3H3. The molecule has 0 aliphatic carbocycles. The minimum atomic E-state index is -1.02. The summed E-state index contributed by atoms with van der Waals surface area (Å²) in [4.78, 5) is 10.1. The quantitative estimate of drug-likeness (QED) is 0.426. The molecule has 0 radical (unpaired) electrons. The second kappa shape index (κ2) is 5.18. The summed E-state index contributed by atoms with van der Waals surface area (Å²) in [7, 11) is -1.02. The van der Waals surface area contributed by atoms with Crippen molar-refractivity contribution in [2.75, 3.05) is 6.61 Å². The molecule has 1 rings (SSSR count). The van der Waals surface area contributed by atoms with Crippen LogP contribution in [0.5, 0.6) is 0 Å². The maximum atomic E-state index is 10.1. The van der Waals surface area contributed by atoms with Crippen molar-refractivity contribution in [3.8, 4) is 0 Å². The zero-order chi connectivity index (χ0) is 11.3. The molecule has 0 saturated heterocycles. The van der Waals surface area contributed by atoms with E-state index in [-0.39, 0.29) is 0 Å². The molecule has 0 atom stereocenters. The zero-order valence-electron chi connectivity index (χ0n) is 9.43. The van der Waals surface area contributed by atoms with Gasteiger partial charge in [0.2, 0.25) is 0 Å². The normalized spacial score (nSPS) is 11.7. The highest BCUT2D eigenvalue weighted by atomic mass is 28.3. The van der Waals surface area contributed by atoms with Gasteiger partial charge in [0.1, 0.15) is 12.4 Å². The minimum Gasteiger partial charge on any atom is -0.360 e. The van der Waals surface area contributed by atoms with Crippen LogP contribution in [0.3, 0.4) is 0 Å². The van der Waals surface area contributed by atoms with Gasteiger partial charge in [-0.15, -0.1) is 4.91 Å². The fourth-order valence-corrected chi connectivity index (χ4v) is 1.76. The van der Waals surface area contributed by atoms with Gasteiger partial charge in [-0.25, -0.2) is 4.68 Å². The molecule has 1 aromatic rings. The summed E-state index contributed by atoms with van der Waals surface area (Å²) in [6.07, 6.45) is 3.00. The fraction of sp³-hybridized carbons (Fsp3) is 0.667. The van der Waals surface area contributed by atoms with Crippen molar-refractivity contribution in [1.82, 2.24) is 9.78 Å². The van der Waals surface area contributed by atoms with Crippen LogP contribution in [0.2, 0.25) is 25.7 Å². The molecule has 0 N–H and O–H groups in total. The van der Waals surface area contributed by atoms with Crippen LogP contribution < -0.4 is 0 Å². The van der Waals surface area contributed by atoms with Gasteiger partial charge in [-0.3, -0.25) is 0 Å². The molecule has 0 unspecified atom stereocenters. The summed E-state index contributed by atoms with van der Waals surface area (Å²) in [6, 6.07) is 1.13. The molecule has 0 amide bonds. The molecule has 0 saturated carbocycles. The van der Waals surface area contributed by atoms with Crippen LogP contribution in [0, 0.1) is 4.91 Å². The fourth-order valence-electron chi connectivity index (χ4n) is 1.01. The molecular weight excluding hydrogens is 210 g/mol. The van der Waals surface area contributed by atoms with Crippen LogP contribution >= 0.6 is 0 Å². The lowest BCUT2D eigenvalue weighted by atomic mass is 10.6. The van der Waals surface area contributed by atoms with E-state index in [0.29, 0.717) is 12.4 Å². The van der Waals surface area contributed by atoms with Crippen molar-refractivity contribution < 1.29 is 4.74 Å². The predicted molar refractivity (Wildman–Crippen MR) is 61.8 cm³/mol. The molecule has 6 heteroatoms. The number of ether oxygens (including phenoxy) is 1.